The SMILES string of the molecule is Cc1c(Br)cnc([N+](=O)[O-])c1O. The molecule has 1 aromatic rings. The molecular weight excluding hydrogens is 228 g/mol. The molecule has 6 heteroatoms. The van der Waals surface area contributed by atoms with Gasteiger partial charge in [0.25, 0.3) is 0 Å². The van der Waals surface area contributed by atoms with E-state index < -0.39 is 16.5 Å². The highest BCUT2D eigenvalue weighted by Gasteiger charge is 2.18. The predicted octanol–water partition coefficient (Wildman–Crippen LogP) is 1.77. The van der Waals surface area contributed by atoms with Gasteiger partial charge < -0.3 is 15.2 Å². The third-order valence-corrected chi connectivity index (χ3v) is 2.20. The standard InChI is InChI=1S/C6H5BrN2O3/c1-3-4(7)2-8-6(5(3)10)9(11)12/h2,10H,1H3. The van der Waals surface area contributed by atoms with Crippen molar-refractivity contribution in [1.82, 2.24) is 4.98 Å². The molecule has 1 N–H and O–H groups in total. The van der Waals surface area contributed by atoms with Crippen molar-refractivity contribution in [3.05, 3.63) is 26.3 Å². The minimum Gasteiger partial charge on any atom is -0.501 e. The van der Waals surface area contributed by atoms with Crippen LogP contribution >= 0.6 is 15.9 Å². The van der Waals surface area contributed by atoms with Gasteiger partial charge >= 0.3 is 5.82 Å². The Bertz CT molecular complexity index is 340. The van der Waals surface area contributed by atoms with E-state index in [9.17, 15) is 15.2 Å². The summed E-state index contributed by atoms with van der Waals surface area (Å²) in [7, 11) is 0. The molecule has 5 nitrogen and oxygen atoms in total. The van der Waals surface area contributed by atoms with Gasteiger partial charge in [0, 0.05) is 5.56 Å². The van der Waals surface area contributed by atoms with Crippen LogP contribution in [-0.4, -0.2) is 15.0 Å². The van der Waals surface area contributed by atoms with Crippen molar-refractivity contribution in [3.63, 3.8) is 0 Å². The first-order valence-electron chi connectivity index (χ1n) is 3.02. The summed E-state index contributed by atoms with van der Waals surface area (Å²) in [5.41, 5.74) is 0.414. The lowest BCUT2D eigenvalue weighted by atomic mass is 10.3. The van der Waals surface area contributed by atoms with E-state index in [-0.39, 0.29) is 0 Å². The van der Waals surface area contributed by atoms with Gasteiger partial charge in [-0.25, -0.2) is 0 Å². The number of halogens is 1. The molecule has 0 fully saturated rings. The summed E-state index contributed by atoms with van der Waals surface area (Å²) in [5, 5.41) is 19.5. The Morgan fingerprint density at radius 2 is 2.33 bits per heavy atom. The lowest BCUT2D eigenvalue weighted by Crippen LogP contribution is -1.94. The normalized spacial score (nSPS) is 9.83. The monoisotopic (exact) mass is 232 g/mol. The highest BCUT2D eigenvalue weighted by Crippen LogP contribution is 2.31. The molecule has 1 rings (SSSR count). The molecular formula is C6H5BrN2O3. The molecule has 0 aliphatic heterocycles. The fourth-order valence-electron chi connectivity index (χ4n) is 0.690. The van der Waals surface area contributed by atoms with Crippen LogP contribution in [0.2, 0.25) is 0 Å². The van der Waals surface area contributed by atoms with Crippen LogP contribution in [0.3, 0.4) is 0 Å². The molecule has 0 aliphatic rings. The Hall–Kier alpha value is -1.17. The highest BCUT2D eigenvalue weighted by molar-refractivity contribution is 9.10. The second kappa shape index (κ2) is 3.06. The Kier molecular flexibility index (Phi) is 2.27. The number of aromatic hydroxyl groups is 1. The summed E-state index contributed by atoms with van der Waals surface area (Å²) in [5.74, 6) is -0.912. The Labute approximate surface area is 76.3 Å². The van der Waals surface area contributed by atoms with Crippen LogP contribution in [0.25, 0.3) is 0 Å². The van der Waals surface area contributed by atoms with Crippen molar-refractivity contribution in [2.24, 2.45) is 0 Å². The molecule has 0 unspecified atom stereocenters. The number of rotatable bonds is 1. The van der Waals surface area contributed by atoms with Crippen molar-refractivity contribution in [3.8, 4) is 5.75 Å². The summed E-state index contributed by atoms with van der Waals surface area (Å²) < 4.78 is 0.547. The number of pyridine rings is 1. The predicted molar refractivity (Wildman–Crippen MR) is 45.0 cm³/mol. The van der Waals surface area contributed by atoms with Crippen LogP contribution in [-0.2, 0) is 0 Å². The molecule has 1 heterocycles. The maximum Gasteiger partial charge on any atom is 0.406 e. The van der Waals surface area contributed by atoms with Crippen LogP contribution in [0.5, 0.6) is 5.75 Å². The fourth-order valence-corrected chi connectivity index (χ4v) is 0.980. The van der Waals surface area contributed by atoms with Crippen LogP contribution in [0.4, 0.5) is 5.82 Å². The van der Waals surface area contributed by atoms with E-state index in [4.69, 9.17) is 0 Å². The van der Waals surface area contributed by atoms with E-state index >= 15 is 0 Å². The van der Waals surface area contributed by atoms with Gasteiger partial charge in [-0.1, -0.05) is 0 Å². The Morgan fingerprint density at radius 3 is 2.83 bits per heavy atom. The highest BCUT2D eigenvalue weighted by atomic mass is 79.9. The quantitative estimate of drug-likeness (QED) is 0.592. The molecule has 0 aromatic carbocycles. The molecule has 0 saturated heterocycles. The lowest BCUT2D eigenvalue weighted by molar-refractivity contribution is -0.390. The number of aromatic nitrogens is 1. The largest absolute Gasteiger partial charge is 0.501 e. The van der Waals surface area contributed by atoms with E-state index in [1.54, 1.807) is 6.92 Å². The number of hydrogen-bond donors (Lipinski definition) is 1. The number of nitro groups is 1. The zero-order valence-corrected chi connectivity index (χ0v) is 7.70. The Balaban J connectivity index is 3.36. The second-order valence-corrected chi connectivity index (χ2v) is 3.01. The molecule has 0 radical (unpaired) electrons. The number of nitrogens with zero attached hydrogens (tertiary/aromatic N) is 2. The topological polar surface area (TPSA) is 76.3 Å². The van der Waals surface area contributed by atoms with Crippen LogP contribution in [0.1, 0.15) is 5.56 Å². The zero-order valence-electron chi connectivity index (χ0n) is 6.11. The fraction of sp³-hybridized carbons (Fsp3) is 0.167. The van der Waals surface area contributed by atoms with Gasteiger partial charge in [-0.3, -0.25) is 0 Å². The van der Waals surface area contributed by atoms with Gasteiger partial charge in [0.15, 0.2) is 6.20 Å². The third kappa shape index (κ3) is 1.38. The average molecular weight is 233 g/mol. The molecule has 1 aromatic heterocycles. The summed E-state index contributed by atoms with van der Waals surface area (Å²) in [6.07, 6.45) is 1.28. The van der Waals surface area contributed by atoms with Gasteiger partial charge in [-0.05, 0) is 32.8 Å². The van der Waals surface area contributed by atoms with Crippen molar-refractivity contribution in [1.29, 1.82) is 0 Å². The van der Waals surface area contributed by atoms with Crippen LogP contribution < -0.4 is 0 Å². The lowest BCUT2D eigenvalue weighted by Gasteiger charge is -1.99. The third-order valence-electron chi connectivity index (χ3n) is 1.40. The van der Waals surface area contributed by atoms with Crippen LogP contribution in [0.15, 0.2) is 10.7 Å². The molecule has 12 heavy (non-hydrogen) atoms. The van der Waals surface area contributed by atoms with Gasteiger partial charge in [-0.15, -0.1) is 0 Å². The first-order valence-corrected chi connectivity index (χ1v) is 3.81. The number of hydrogen-bond acceptors (Lipinski definition) is 4. The van der Waals surface area contributed by atoms with Gasteiger partial charge in [-0.2, -0.15) is 0 Å². The zero-order chi connectivity index (χ0) is 9.30. The average Bonchev–Trinajstić information content (AvgIpc) is 2.00. The van der Waals surface area contributed by atoms with Crippen molar-refractivity contribution < 1.29 is 10.0 Å². The molecule has 0 atom stereocenters. The molecule has 0 saturated carbocycles. The molecule has 0 amide bonds. The first kappa shape index (κ1) is 8.92. The first-order chi connectivity index (χ1) is 5.54. The van der Waals surface area contributed by atoms with E-state index in [0.29, 0.717) is 10.0 Å². The Morgan fingerprint density at radius 1 is 1.75 bits per heavy atom. The van der Waals surface area contributed by atoms with E-state index in [1.165, 1.54) is 6.20 Å². The van der Waals surface area contributed by atoms with Gasteiger partial charge in [0.1, 0.15) is 0 Å². The summed E-state index contributed by atoms with van der Waals surface area (Å²) >= 11 is 3.08. The molecule has 0 bridgehead atoms. The minimum absolute atomic E-state index is 0.394. The maximum absolute atomic E-state index is 10.3. The van der Waals surface area contributed by atoms with Crippen LogP contribution in [0, 0.1) is 17.0 Å². The van der Waals surface area contributed by atoms with Crippen molar-refractivity contribution in [2.45, 2.75) is 6.92 Å². The molecule has 64 valence electrons. The van der Waals surface area contributed by atoms with Gasteiger partial charge in [0.2, 0.25) is 5.75 Å². The minimum atomic E-state index is -0.727. The maximum atomic E-state index is 10.3. The van der Waals surface area contributed by atoms with E-state index in [2.05, 4.69) is 20.9 Å². The van der Waals surface area contributed by atoms with Gasteiger partial charge in [0.05, 0.1) is 4.47 Å². The van der Waals surface area contributed by atoms with Crippen molar-refractivity contribution in [2.75, 3.05) is 0 Å². The summed E-state index contributed by atoms with van der Waals surface area (Å²) in [6, 6.07) is 0. The van der Waals surface area contributed by atoms with E-state index in [0.717, 1.165) is 0 Å². The molecule has 0 aliphatic carbocycles. The smallest absolute Gasteiger partial charge is 0.406 e. The second-order valence-electron chi connectivity index (χ2n) is 2.16. The summed E-state index contributed by atoms with van der Waals surface area (Å²) in [4.78, 5) is 13.0. The summed E-state index contributed by atoms with van der Waals surface area (Å²) in [6.45, 7) is 1.56. The molecule has 0 spiro atoms. The van der Waals surface area contributed by atoms with E-state index in [1.807, 2.05) is 0 Å². The van der Waals surface area contributed by atoms with Crippen molar-refractivity contribution >= 4 is 21.7 Å².